The number of alkyl halides is 3. The second-order valence-electron chi connectivity index (χ2n) is 4.25. The van der Waals surface area contributed by atoms with Crippen LogP contribution in [0.2, 0.25) is 5.02 Å². The number of hydrogen-bond donors (Lipinski definition) is 2. The summed E-state index contributed by atoms with van der Waals surface area (Å²) in [6.45, 7) is 3.38. The van der Waals surface area contributed by atoms with E-state index in [2.05, 4.69) is 10.0 Å². The van der Waals surface area contributed by atoms with Crippen LogP contribution in [0.15, 0.2) is 23.1 Å². The van der Waals surface area contributed by atoms with Gasteiger partial charge in [0, 0.05) is 6.54 Å². The predicted molar refractivity (Wildman–Crippen MR) is 74.8 cm³/mol. The van der Waals surface area contributed by atoms with Gasteiger partial charge >= 0.3 is 6.18 Å². The molecule has 1 rings (SSSR count). The molecule has 0 heterocycles. The molecule has 21 heavy (non-hydrogen) atoms. The zero-order valence-electron chi connectivity index (χ0n) is 11.3. The lowest BCUT2D eigenvalue weighted by molar-refractivity contribution is -0.137. The fourth-order valence-corrected chi connectivity index (χ4v) is 3.16. The average Bonchev–Trinajstić information content (AvgIpc) is 2.37. The molecular weight excluding hydrogens is 329 g/mol. The Kier molecular flexibility index (Phi) is 6.45. The summed E-state index contributed by atoms with van der Waals surface area (Å²) in [6, 6.07) is 2.21. The van der Waals surface area contributed by atoms with Gasteiger partial charge in [0.15, 0.2) is 0 Å². The molecule has 2 N–H and O–H groups in total. The smallest absolute Gasteiger partial charge is 0.317 e. The molecule has 0 aliphatic rings. The lowest BCUT2D eigenvalue weighted by Crippen LogP contribution is -2.28. The molecule has 0 saturated heterocycles. The molecule has 0 aliphatic carbocycles. The van der Waals surface area contributed by atoms with Crippen molar-refractivity contribution in [1.29, 1.82) is 0 Å². The Balaban J connectivity index is 2.87. The molecule has 1 aromatic carbocycles. The molecule has 0 radical (unpaired) electrons. The lowest BCUT2D eigenvalue weighted by atomic mass is 10.2. The molecule has 120 valence electrons. The Hall–Kier alpha value is -0.830. The van der Waals surface area contributed by atoms with E-state index in [1.54, 1.807) is 0 Å². The van der Waals surface area contributed by atoms with Crippen LogP contribution in [0.25, 0.3) is 0 Å². The Morgan fingerprint density at radius 3 is 2.48 bits per heavy atom. The summed E-state index contributed by atoms with van der Waals surface area (Å²) in [5.41, 5.74) is -1.06. The second kappa shape index (κ2) is 7.44. The molecule has 0 bridgehead atoms. The van der Waals surface area contributed by atoms with Crippen LogP contribution in [-0.4, -0.2) is 28.1 Å². The Morgan fingerprint density at radius 2 is 1.90 bits per heavy atom. The van der Waals surface area contributed by atoms with Crippen molar-refractivity contribution in [3.63, 3.8) is 0 Å². The van der Waals surface area contributed by atoms with Crippen molar-refractivity contribution in [1.82, 2.24) is 10.0 Å². The summed E-state index contributed by atoms with van der Waals surface area (Å²) >= 11 is 5.69. The van der Waals surface area contributed by atoms with Gasteiger partial charge in [-0.1, -0.05) is 18.5 Å². The largest absolute Gasteiger partial charge is 0.416 e. The number of nitrogens with one attached hydrogen (secondary N) is 2. The predicted octanol–water partition coefficient (Wildman–Crippen LogP) is 2.64. The van der Waals surface area contributed by atoms with Gasteiger partial charge in [-0.05, 0) is 37.7 Å². The van der Waals surface area contributed by atoms with Gasteiger partial charge in [0.2, 0.25) is 10.0 Å². The van der Waals surface area contributed by atoms with E-state index in [0.29, 0.717) is 19.0 Å². The van der Waals surface area contributed by atoms with Crippen LogP contribution in [0.5, 0.6) is 0 Å². The van der Waals surface area contributed by atoms with Crippen molar-refractivity contribution in [2.75, 3.05) is 19.6 Å². The molecular formula is C12H16ClF3N2O2S. The number of halogens is 4. The van der Waals surface area contributed by atoms with Gasteiger partial charge in [-0.3, -0.25) is 0 Å². The summed E-state index contributed by atoms with van der Waals surface area (Å²) in [6.07, 6.45) is -4.11. The number of sulfonamides is 1. The fraction of sp³-hybridized carbons (Fsp3) is 0.500. The lowest BCUT2D eigenvalue weighted by Gasteiger charge is -2.12. The maximum Gasteiger partial charge on any atom is 0.416 e. The van der Waals surface area contributed by atoms with Crippen LogP contribution in [0, 0.1) is 0 Å². The first-order valence-electron chi connectivity index (χ1n) is 6.25. The minimum Gasteiger partial charge on any atom is -0.317 e. The summed E-state index contributed by atoms with van der Waals surface area (Å²) in [7, 11) is -4.07. The van der Waals surface area contributed by atoms with Crippen molar-refractivity contribution in [2.24, 2.45) is 0 Å². The normalized spacial score (nSPS) is 12.6. The van der Waals surface area contributed by atoms with E-state index in [1.807, 2.05) is 6.92 Å². The fourth-order valence-electron chi connectivity index (χ4n) is 1.56. The molecule has 9 heteroatoms. The molecule has 0 amide bonds. The van der Waals surface area contributed by atoms with Crippen molar-refractivity contribution in [3.05, 3.63) is 28.8 Å². The van der Waals surface area contributed by atoms with Crippen LogP contribution in [0.4, 0.5) is 13.2 Å². The number of hydrogen-bond acceptors (Lipinski definition) is 3. The molecule has 1 aromatic rings. The first-order chi connectivity index (χ1) is 9.68. The van der Waals surface area contributed by atoms with Gasteiger partial charge in [0.1, 0.15) is 4.90 Å². The summed E-state index contributed by atoms with van der Waals surface area (Å²) in [4.78, 5) is -0.567. The topological polar surface area (TPSA) is 58.2 Å². The van der Waals surface area contributed by atoms with Gasteiger partial charge in [0.05, 0.1) is 10.6 Å². The van der Waals surface area contributed by atoms with Crippen molar-refractivity contribution in [3.8, 4) is 0 Å². The Bertz CT molecular complexity index is 576. The molecule has 0 unspecified atom stereocenters. The zero-order chi connectivity index (χ0) is 16.1. The first kappa shape index (κ1) is 18.2. The third-order valence-corrected chi connectivity index (χ3v) is 4.56. The van der Waals surface area contributed by atoms with E-state index in [9.17, 15) is 21.6 Å². The molecule has 0 aromatic heterocycles. The van der Waals surface area contributed by atoms with Crippen LogP contribution < -0.4 is 10.0 Å². The number of rotatable bonds is 7. The maximum absolute atomic E-state index is 12.6. The van der Waals surface area contributed by atoms with E-state index in [-0.39, 0.29) is 11.6 Å². The molecule has 0 fully saturated rings. The molecule has 0 saturated carbocycles. The summed E-state index contributed by atoms with van der Waals surface area (Å²) in [5.74, 6) is 0. The van der Waals surface area contributed by atoms with Gasteiger partial charge in [0.25, 0.3) is 0 Å². The van der Waals surface area contributed by atoms with Crippen LogP contribution in [-0.2, 0) is 16.2 Å². The van der Waals surface area contributed by atoms with Gasteiger partial charge < -0.3 is 5.32 Å². The zero-order valence-corrected chi connectivity index (χ0v) is 12.9. The van der Waals surface area contributed by atoms with E-state index < -0.39 is 26.7 Å². The quantitative estimate of drug-likeness (QED) is 0.748. The monoisotopic (exact) mass is 344 g/mol. The van der Waals surface area contributed by atoms with Gasteiger partial charge in [-0.2, -0.15) is 13.2 Å². The molecule has 4 nitrogen and oxygen atoms in total. The Labute approximate surface area is 126 Å². The first-order valence-corrected chi connectivity index (χ1v) is 8.11. The molecule has 0 atom stereocenters. The second-order valence-corrected chi connectivity index (χ2v) is 6.39. The maximum atomic E-state index is 12.6. The number of benzene rings is 1. The van der Waals surface area contributed by atoms with Crippen molar-refractivity contribution >= 4 is 21.6 Å². The average molecular weight is 345 g/mol. The van der Waals surface area contributed by atoms with Crippen molar-refractivity contribution in [2.45, 2.75) is 24.4 Å². The van der Waals surface area contributed by atoms with Crippen LogP contribution in [0.3, 0.4) is 0 Å². The van der Waals surface area contributed by atoms with E-state index in [4.69, 9.17) is 11.6 Å². The third kappa shape index (κ3) is 5.46. The highest BCUT2D eigenvalue weighted by Crippen LogP contribution is 2.33. The molecule has 0 spiro atoms. The minimum atomic E-state index is -4.63. The third-order valence-electron chi connectivity index (χ3n) is 2.62. The molecule has 0 aliphatic heterocycles. The van der Waals surface area contributed by atoms with Gasteiger partial charge in [-0.15, -0.1) is 0 Å². The van der Waals surface area contributed by atoms with E-state index >= 15 is 0 Å². The van der Waals surface area contributed by atoms with Crippen molar-refractivity contribution < 1.29 is 21.6 Å². The standard InChI is InChI=1S/C12H16ClF3N2O2S/c1-2-17-6-3-7-18-21(19,20)11-8-9(12(14,15)16)4-5-10(11)13/h4-5,8,17-18H,2-3,6-7H2,1H3. The highest BCUT2D eigenvalue weighted by molar-refractivity contribution is 7.89. The van der Waals surface area contributed by atoms with Crippen LogP contribution in [0.1, 0.15) is 18.9 Å². The minimum absolute atomic E-state index is 0.113. The summed E-state index contributed by atoms with van der Waals surface area (Å²) < 4.78 is 64.0. The highest BCUT2D eigenvalue weighted by Gasteiger charge is 2.32. The van der Waals surface area contributed by atoms with Gasteiger partial charge in [-0.25, -0.2) is 13.1 Å². The Morgan fingerprint density at radius 1 is 1.24 bits per heavy atom. The van der Waals surface area contributed by atoms with Crippen LogP contribution >= 0.6 is 11.6 Å². The highest BCUT2D eigenvalue weighted by atomic mass is 35.5. The SMILES string of the molecule is CCNCCCNS(=O)(=O)c1cc(C(F)(F)F)ccc1Cl. The summed E-state index contributed by atoms with van der Waals surface area (Å²) in [5, 5.41) is 2.76. The van der Waals surface area contributed by atoms with E-state index in [0.717, 1.165) is 18.7 Å². The van der Waals surface area contributed by atoms with E-state index in [1.165, 1.54) is 0 Å².